The summed E-state index contributed by atoms with van der Waals surface area (Å²) in [7, 11) is 3.75. The lowest BCUT2D eigenvalue weighted by atomic mass is 10.1. The molecular formula is C20H28N4O. The van der Waals surface area contributed by atoms with Gasteiger partial charge >= 0.3 is 0 Å². The molecule has 1 atom stereocenters. The van der Waals surface area contributed by atoms with Gasteiger partial charge in [-0.25, -0.2) is 0 Å². The minimum atomic E-state index is 0.0556. The van der Waals surface area contributed by atoms with E-state index in [2.05, 4.69) is 48.1 Å². The zero-order valence-corrected chi connectivity index (χ0v) is 15.6. The van der Waals surface area contributed by atoms with E-state index in [4.69, 9.17) is 0 Å². The molecule has 2 heterocycles. The first-order valence-corrected chi connectivity index (χ1v) is 9.05. The molecule has 1 saturated heterocycles. The smallest absolute Gasteiger partial charge is 0.271 e. The molecule has 1 aromatic heterocycles. The Morgan fingerprint density at radius 2 is 2.04 bits per heavy atom. The van der Waals surface area contributed by atoms with E-state index >= 15 is 0 Å². The van der Waals surface area contributed by atoms with Crippen LogP contribution in [0.1, 0.15) is 42.4 Å². The van der Waals surface area contributed by atoms with E-state index in [-0.39, 0.29) is 5.91 Å². The topological polar surface area (TPSA) is 41.4 Å². The van der Waals surface area contributed by atoms with Crippen molar-refractivity contribution in [2.24, 2.45) is 13.0 Å². The average Bonchev–Trinajstić information content (AvgIpc) is 3.22. The molecule has 0 saturated carbocycles. The van der Waals surface area contributed by atoms with Crippen molar-refractivity contribution in [3.8, 4) is 0 Å². The third-order valence-corrected chi connectivity index (χ3v) is 5.00. The molecule has 1 fully saturated rings. The Balaban J connectivity index is 1.61. The fraction of sp³-hybridized carbons (Fsp3) is 0.500. The highest BCUT2D eigenvalue weighted by Gasteiger charge is 2.26. The van der Waals surface area contributed by atoms with Gasteiger partial charge in [0.25, 0.3) is 5.91 Å². The number of anilines is 1. The van der Waals surface area contributed by atoms with Crippen LogP contribution in [0.5, 0.6) is 0 Å². The Hall–Kier alpha value is -2.30. The molecule has 0 spiro atoms. The third kappa shape index (κ3) is 3.86. The largest absolute Gasteiger partial charge is 0.371 e. The number of para-hydroxylation sites is 1. The van der Waals surface area contributed by atoms with E-state index in [1.165, 1.54) is 5.69 Å². The zero-order chi connectivity index (χ0) is 18.0. The van der Waals surface area contributed by atoms with Crippen molar-refractivity contribution in [3.05, 3.63) is 47.8 Å². The number of benzene rings is 1. The van der Waals surface area contributed by atoms with E-state index < -0.39 is 0 Å². The Morgan fingerprint density at radius 1 is 1.32 bits per heavy atom. The van der Waals surface area contributed by atoms with Crippen LogP contribution in [-0.2, 0) is 7.05 Å². The highest BCUT2D eigenvalue weighted by Crippen LogP contribution is 2.24. The Labute approximate surface area is 150 Å². The molecule has 25 heavy (non-hydrogen) atoms. The van der Waals surface area contributed by atoms with Crippen molar-refractivity contribution in [1.82, 2.24) is 14.7 Å². The summed E-state index contributed by atoms with van der Waals surface area (Å²) >= 11 is 0. The van der Waals surface area contributed by atoms with Crippen molar-refractivity contribution in [1.29, 1.82) is 0 Å². The lowest BCUT2D eigenvalue weighted by molar-refractivity contribution is 0.0765. The second-order valence-corrected chi connectivity index (χ2v) is 7.35. The summed E-state index contributed by atoms with van der Waals surface area (Å²) in [5.74, 6) is 0.888. The lowest BCUT2D eigenvalue weighted by Crippen LogP contribution is -2.34. The van der Waals surface area contributed by atoms with Crippen LogP contribution in [0.25, 0.3) is 0 Å². The summed E-state index contributed by atoms with van der Waals surface area (Å²) in [5, 5.41) is 4.46. The van der Waals surface area contributed by atoms with E-state index in [1.807, 2.05) is 31.1 Å². The third-order valence-electron chi connectivity index (χ3n) is 5.00. The van der Waals surface area contributed by atoms with Crippen molar-refractivity contribution >= 4 is 11.6 Å². The van der Waals surface area contributed by atoms with Crippen LogP contribution in [-0.4, -0.2) is 47.3 Å². The Morgan fingerprint density at radius 3 is 2.68 bits per heavy atom. The van der Waals surface area contributed by atoms with Crippen LogP contribution in [0.15, 0.2) is 36.4 Å². The van der Waals surface area contributed by atoms with Crippen molar-refractivity contribution < 1.29 is 4.79 Å². The Bertz CT molecular complexity index is 723. The van der Waals surface area contributed by atoms with Gasteiger partial charge < -0.3 is 9.80 Å². The van der Waals surface area contributed by atoms with Gasteiger partial charge in [-0.1, -0.05) is 32.0 Å². The molecule has 1 amide bonds. The summed E-state index contributed by atoms with van der Waals surface area (Å²) in [6.07, 6.45) is 1.12. The number of nitrogens with zero attached hydrogens (tertiary/aromatic N) is 4. The predicted molar refractivity (Wildman–Crippen MR) is 101 cm³/mol. The number of amides is 1. The first-order valence-electron chi connectivity index (χ1n) is 9.05. The molecule has 5 nitrogen and oxygen atoms in total. The van der Waals surface area contributed by atoms with E-state index in [0.29, 0.717) is 17.5 Å². The number of carbonyl (C=O) groups is 1. The molecule has 0 N–H and O–H groups in total. The van der Waals surface area contributed by atoms with Gasteiger partial charge in [-0.15, -0.1) is 0 Å². The number of aryl methyl sites for hydroxylation is 1. The molecule has 1 aromatic carbocycles. The summed E-state index contributed by atoms with van der Waals surface area (Å²) in [6.45, 7) is 7.03. The van der Waals surface area contributed by atoms with Gasteiger partial charge in [0.1, 0.15) is 5.69 Å². The normalized spacial score (nSPS) is 17.3. The highest BCUT2D eigenvalue weighted by molar-refractivity contribution is 5.92. The lowest BCUT2D eigenvalue weighted by Gasteiger charge is -2.22. The van der Waals surface area contributed by atoms with Crippen molar-refractivity contribution in [3.63, 3.8) is 0 Å². The molecular weight excluding hydrogens is 312 g/mol. The van der Waals surface area contributed by atoms with E-state index in [9.17, 15) is 4.79 Å². The standard InChI is InChI=1S/C20H28N4O/c1-15(2)18-12-19(23(4)21-18)20(25)22(3)13-16-10-11-24(14-16)17-8-6-5-7-9-17/h5-9,12,15-16H,10-11,13-14H2,1-4H3. The number of carbonyl (C=O) groups excluding carboxylic acids is 1. The van der Waals surface area contributed by atoms with Gasteiger partial charge in [0.05, 0.1) is 5.69 Å². The quantitative estimate of drug-likeness (QED) is 0.840. The minimum Gasteiger partial charge on any atom is -0.371 e. The molecule has 0 aliphatic carbocycles. The Kier molecular flexibility index (Phi) is 5.11. The van der Waals surface area contributed by atoms with Crippen LogP contribution >= 0.6 is 0 Å². The maximum absolute atomic E-state index is 12.8. The summed E-state index contributed by atoms with van der Waals surface area (Å²) in [4.78, 5) is 17.0. The molecule has 2 aromatic rings. The molecule has 1 aliphatic heterocycles. The van der Waals surface area contributed by atoms with Gasteiger partial charge in [0, 0.05) is 39.4 Å². The van der Waals surface area contributed by atoms with Crippen molar-refractivity contribution in [2.75, 3.05) is 31.6 Å². The molecule has 1 unspecified atom stereocenters. The summed E-state index contributed by atoms with van der Waals surface area (Å²) in [5.41, 5.74) is 2.91. The maximum Gasteiger partial charge on any atom is 0.271 e. The van der Waals surface area contributed by atoms with Gasteiger partial charge in [0.15, 0.2) is 0 Å². The summed E-state index contributed by atoms with van der Waals surface area (Å²) < 4.78 is 1.71. The SMILES string of the molecule is CC(C)c1cc(C(=O)N(C)CC2CCN(c3ccccc3)C2)n(C)n1. The highest BCUT2D eigenvalue weighted by atomic mass is 16.2. The van der Waals surface area contributed by atoms with Crippen LogP contribution in [0.2, 0.25) is 0 Å². The fourth-order valence-electron chi connectivity index (χ4n) is 3.49. The van der Waals surface area contributed by atoms with Gasteiger partial charge in [-0.3, -0.25) is 9.48 Å². The van der Waals surface area contributed by atoms with E-state index in [1.54, 1.807) is 4.68 Å². The molecule has 3 rings (SSSR count). The first-order chi connectivity index (χ1) is 12.0. The molecule has 1 aliphatic rings. The molecule has 5 heteroatoms. The van der Waals surface area contributed by atoms with Crippen LogP contribution in [0, 0.1) is 5.92 Å². The van der Waals surface area contributed by atoms with Gasteiger partial charge in [0.2, 0.25) is 0 Å². The summed E-state index contributed by atoms with van der Waals surface area (Å²) in [6, 6.07) is 12.4. The average molecular weight is 340 g/mol. The maximum atomic E-state index is 12.8. The second-order valence-electron chi connectivity index (χ2n) is 7.35. The molecule has 0 radical (unpaired) electrons. The van der Waals surface area contributed by atoms with Crippen LogP contribution < -0.4 is 4.90 Å². The second kappa shape index (κ2) is 7.30. The number of hydrogen-bond donors (Lipinski definition) is 0. The zero-order valence-electron chi connectivity index (χ0n) is 15.6. The van der Waals surface area contributed by atoms with Gasteiger partial charge in [-0.2, -0.15) is 5.10 Å². The molecule has 0 bridgehead atoms. The van der Waals surface area contributed by atoms with Gasteiger partial charge in [-0.05, 0) is 36.5 Å². The minimum absolute atomic E-state index is 0.0556. The van der Waals surface area contributed by atoms with E-state index in [0.717, 1.165) is 31.7 Å². The number of hydrogen-bond acceptors (Lipinski definition) is 3. The first kappa shape index (κ1) is 17.5. The van der Waals surface area contributed by atoms with Crippen LogP contribution in [0.4, 0.5) is 5.69 Å². The van der Waals surface area contributed by atoms with Crippen molar-refractivity contribution in [2.45, 2.75) is 26.2 Å². The molecule has 134 valence electrons. The van der Waals surface area contributed by atoms with Crippen LogP contribution in [0.3, 0.4) is 0 Å². The number of aromatic nitrogens is 2. The monoisotopic (exact) mass is 340 g/mol. The fourth-order valence-corrected chi connectivity index (χ4v) is 3.49. The predicted octanol–water partition coefficient (Wildman–Crippen LogP) is 3.14. The number of rotatable bonds is 5.